The number of alkyl halides is 3. The molecule has 2 atom stereocenters. The third-order valence-corrected chi connectivity index (χ3v) is 8.30. The summed E-state index contributed by atoms with van der Waals surface area (Å²) in [5.74, 6) is -2.47. The van der Waals surface area contributed by atoms with E-state index in [4.69, 9.17) is 0 Å². The zero-order valence-electron chi connectivity index (χ0n) is 17.6. The molecule has 2 unspecified atom stereocenters. The quantitative estimate of drug-likeness (QED) is 0.710. The van der Waals surface area contributed by atoms with Gasteiger partial charge in [-0.2, -0.15) is 17.5 Å². The first-order chi connectivity index (χ1) is 13.9. The predicted octanol–water partition coefficient (Wildman–Crippen LogP) is 3.81. The molecular formula is C21H29F3N2O3S. The minimum Gasteiger partial charge on any atom is -0.342 e. The van der Waals surface area contributed by atoms with E-state index in [1.165, 1.54) is 9.21 Å². The number of likely N-dealkylation sites (tertiary alicyclic amines) is 1. The van der Waals surface area contributed by atoms with E-state index in [0.717, 1.165) is 5.56 Å². The molecule has 5 nitrogen and oxygen atoms in total. The van der Waals surface area contributed by atoms with Crippen LogP contribution in [-0.2, 0) is 14.8 Å². The number of halogens is 3. The number of amides is 1. The highest BCUT2D eigenvalue weighted by Crippen LogP contribution is 2.35. The van der Waals surface area contributed by atoms with Crippen LogP contribution in [0.15, 0.2) is 17.0 Å². The van der Waals surface area contributed by atoms with Crippen LogP contribution in [-0.4, -0.2) is 55.9 Å². The van der Waals surface area contributed by atoms with Gasteiger partial charge in [-0.3, -0.25) is 4.79 Å². The van der Waals surface area contributed by atoms with Gasteiger partial charge in [-0.1, -0.05) is 17.7 Å². The zero-order valence-corrected chi connectivity index (χ0v) is 18.4. The van der Waals surface area contributed by atoms with Crippen LogP contribution in [0.25, 0.3) is 0 Å². The van der Waals surface area contributed by atoms with Gasteiger partial charge >= 0.3 is 6.18 Å². The SMILES string of the molecule is Cc1cc(C)c(S(=O)(=O)N2CCCC(C(=O)N3CCCC(C(F)(F)F)C3)C2)c(C)c1. The van der Waals surface area contributed by atoms with Crippen LogP contribution in [0.2, 0.25) is 0 Å². The Balaban J connectivity index is 1.77. The number of carbonyl (C=O) groups excluding carboxylic acids is 1. The maximum absolute atomic E-state index is 13.3. The van der Waals surface area contributed by atoms with E-state index in [-0.39, 0.29) is 30.3 Å². The Kier molecular flexibility index (Phi) is 6.53. The van der Waals surface area contributed by atoms with Gasteiger partial charge in [-0.25, -0.2) is 8.42 Å². The molecular weight excluding hydrogens is 417 g/mol. The van der Waals surface area contributed by atoms with Gasteiger partial charge in [0.2, 0.25) is 15.9 Å². The third kappa shape index (κ3) is 4.66. The summed E-state index contributed by atoms with van der Waals surface area (Å²) < 4.78 is 67.3. The number of hydrogen-bond acceptors (Lipinski definition) is 3. The molecule has 2 heterocycles. The molecule has 1 aromatic rings. The molecule has 0 aromatic heterocycles. The standard InChI is InChI=1S/C21H29F3N2O3S/c1-14-10-15(2)19(16(3)11-14)30(28,29)26-9-4-6-17(12-26)20(27)25-8-5-7-18(13-25)21(22,23)24/h10-11,17-18H,4-9,12-13H2,1-3H3. The largest absolute Gasteiger partial charge is 0.393 e. The smallest absolute Gasteiger partial charge is 0.342 e. The van der Waals surface area contributed by atoms with Gasteiger partial charge in [0.15, 0.2) is 0 Å². The van der Waals surface area contributed by atoms with Crippen LogP contribution in [0, 0.1) is 32.6 Å². The third-order valence-electron chi connectivity index (χ3n) is 6.13. The molecule has 0 bridgehead atoms. The summed E-state index contributed by atoms with van der Waals surface area (Å²) in [7, 11) is -3.79. The minimum atomic E-state index is -4.32. The Bertz CT molecular complexity index is 892. The first kappa shape index (κ1) is 23.1. The summed E-state index contributed by atoms with van der Waals surface area (Å²) in [6.07, 6.45) is -2.97. The number of aryl methyl sites for hydroxylation is 3. The van der Waals surface area contributed by atoms with Gasteiger partial charge in [-0.15, -0.1) is 0 Å². The van der Waals surface area contributed by atoms with E-state index in [2.05, 4.69) is 0 Å². The second-order valence-electron chi connectivity index (χ2n) is 8.60. The summed E-state index contributed by atoms with van der Waals surface area (Å²) in [5, 5.41) is 0. The van der Waals surface area contributed by atoms with E-state index in [9.17, 15) is 26.4 Å². The van der Waals surface area contributed by atoms with Crippen molar-refractivity contribution in [3.8, 4) is 0 Å². The van der Waals surface area contributed by atoms with Gasteiger partial charge in [0.25, 0.3) is 0 Å². The number of benzene rings is 1. The van der Waals surface area contributed by atoms with Crippen molar-refractivity contribution in [1.29, 1.82) is 0 Å². The molecule has 0 saturated carbocycles. The number of sulfonamides is 1. The summed E-state index contributed by atoms with van der Waals surface area (Å²) in [5.41, 5.74) is 2.29. The number of piperidine rings is 2. The number of nitrogens with zero attached hydrogens (tertiary/aromatic N) is 2. The van der Waals surface area contributed by atoms with Gasteiger partial charge in [-0.05, 0) is 57.6 Å². The first-order valence-corrected chi connectivity index (χ1v) is 11.8. The van der Waals surface area contributed by atoms with Gasteiger partial charge in [0, 0.05) is 26.2 Å². The Morgan fingerprint density at radius 2 is 1.60 bits per heavy atom. The number of rotatable bonds is 3. The average molecular weight is 447 g/mol. The highest BCUT2D eigenvalue weighted by atomic mass is 32.2. The molecule has 0 radical (unpaired) electrons. The average Bonchev–Trinajstić information content (AvgIpc) is 2.66. The second-order valence-corrected chi connectivity index (χ2v) is 10.5. The van der Waals surface area contributed by atoms with Crippen molar-refractivity contribution in [2.45, 2.75) is 57.5 Å². The summed E-state index contributed by atoms with van der Waals surface area (Å²) in [4.78, 5) is 14.5. The molecule has 1 amide bonds. The lowest BCUT2D eigenvalue weighted by Crippen LogP contribution is -2.50. The van der Waals surface area contributed by atoms with Crippen LogP contribution in [0.1, 0.15) is 42.4 Å². The van der Waals surface area contributed by atoms with Crippen LogP contribution < -0.4 is 0 Å². The lowest BCUT2D eigenvalue weighted by molar-refractivity contribution is -0.188. The molecule has 168 valence electrons. The second kappa shape index (κ2) is 8.49. The monoisotopic (exact) mass is 446 g/mol. The van der Waals surface area contributed by atoms with Crippen molar-refractivity contribution in [2.75, 3.05) is 26.2 Å². The summed E-state index contributed by atoms with van der Waals surface area (Å²) in [6.45, 7) is 5.70. The number of hydrogen-bond donors (Lipinski definition) is 0. The molecule has 9 heteroatoms. The van der Waals surface area contributed by atoms with E-state index in [1.807, 2.05) is 19.1 Å². The summed E-state index contributed by atoms with van der Waals surface area (Å²) >= 11 is 0. The van der Waals surface area contributed by atoms with Crippen molar-refractivity contribution < 1.29 is 26.4 Å². The fourth-order valence-corrected chi connectivity index (χ4v) is 6.70. The Hall–Kier alpha value is -1.61. The molecule has 0 spiro atoms. The zero-order chi connectivity index (χ0) is 22.3. The van der Waals surface area contributed by atoms with Crippen LogP contribution in [0.3, 0.4) is 0 Å². The lowest BCUT2D eigenvalue weighted by Gasteiger charge is -2.38. The van der Waals surface area contributed by atoms with Crippen LogP contribution in [0.5, 0.6) is 0 Å². The van der Waals surface area contributed by atoms with E-state index in [0.29, 0.717) is 43.5 Å². The fraction of sp³-hybridized carbons (Fsp3) is 0.667. The highest BCUT2D eigenvalue weighted by Gasteiger charge is 2.44. The first-order valence-electron chi connectivity index (χ1n) is 10.3. The van der Waals surface area contributed by atoms with Crippen molar-refractivity contribution in [2.24, 2.45) is 11.8 Å². The fourth-order valence-electron chi connectivity index (χ4n) is 4.77. The molecule has 2 aliphatic rings. The topological polar surface area (TPSA) is 57.7 Å². The Labute approximate surface area is 176 Å². The van der Waals surface area contributed by atoms with Gasteiger partial charge in [0.1, 0.15) is 0 Å². The summed E-state index contributed by atoms with van der Waals surface area (Å²) in [6, 6.07) is 3.63. The highest BCUT2D eigenvalue weighted by molar-refractivity contribution is 7.89. The molecule has 2 fully saturated rings. The normalized spacial score (nSPS) is 24.1. The van der Waals surface area contributed by atoms with Crippen molar-refractivity contribution >= 4 is 15.9 Å². The van der Waals surface area contributed by atoms with Crippen LogP contribution in [0.4, 0.5) is 13.2 Å². The van der Waals surface area contributed by atoms with E-state index < -0.39 is 28.0 Å². The van der Waals surface area contributed by atoms with Crippen LogP contribution >= 0.6 is 0 Å². The molecule has 2 aliphatic heterocycles. The van der Waals surface area contributed by atoms with Crippen molar-refractivity contribution in [1.82, 2.24) is 9.21 Å². The lowest BCUT2D eigenvalue weighted by atomic mass is 9.93. The van der Waals surface area contributed by atoms with Crippen molar-refractivity contribution in [3.05, 3.63) is 28.8 Å². The van der Waals surface area contributed by atoms with Gasteiger partial charge in [0.05, 0.1) is 16.7 Å². The molecule has 1 aromatic carbocycles. The predicted molar refractivity (Wildman–Crippen MR) is 107 cm³/mol. The maximum Gasteiger partial charge on any atom is 0.393 e. The molecule has 3 rings (SSSR count). The van der Waals surface area contributed by atoms with E-state index >= 15 is 0 Å². The number of carbonyl (C=O) groups is 1. The molecule has 30 heavy (non-hydrogen) atoms. The molecule has 0 N–H and O–H groups in total. The van der Waals surface area contributed by atoms with E-state index in [1.54, 1.807) is 13.8 Å². The molecule has 2 saturated heterocycles. The molecule has 0 aliphatic carbocycles. The minimum absolute atomic E-state index is 0.0150. The Morgan fingerprint density at radius 3 is 2.20 bits per heavy atom. The maximum atomic E-state index is 13.3. The van der Waals surface area contributed by atoms with Gasteiger partial charge < -0.3 is 4.90 Å². The Morgan fingerprint density at radius 1 is 1.00 bits per heavy atom. The van der Waals surface area contributed by atoms with Crippen molar-refractivity contribution in [3.63, 3.8) is 0 Å².